The number of piperidine rings is 1. The smallest absolute Gasteiger partial charge is 0.328 e. The Kier molecular flexibility index (Phi) is 5.14. The third kappa shape index (κ3) is 4.18. The highest BCUT2D eigenvalue weighted by molar-refractivity contribution is 5.95. The Hall–Kier alpha value is -2.10. The zero-order valence-electron chi connectivity index (χ0n) is 12.3. The molecular weight excluding hydrogens is 266 g/mol. The largest absolute Gasteiger partial charge is 0.478 e. The number of benzene rings is 1. The van der Waals surface area contributed by atoms with Crippen LogP contribution in [0.3, 0.4) is 0 Å². The Morgan fingerprint density at radius 2 is 2.05 bits per heavy atom. The fourth-order valence-corrected chi connectivity index (χ4v) is 2.67. The Balaban J connectivity index is 2.06. The molecule has 1 aliphatic heterocycles. The molecule has 1 saturated heterocycles. The van der Waals surface area contributed by atoms with Crippen molar-refractivity contribution < 1.29 is 14.7 Å². The van der Waals surface area contributed by atoms with E-state index in [1.165, 1.54) is 12.5 Å². The molecule has 2 rings (SSSR count). The van der Waals surface area contributed by atoms with Gasteiger partial charge in [-0.05, 0) is 42.5 Å². The number of amides is 1. The maximum Gasteiger partial charge on any atom is 0.328 e. The van der Waals surface area contributed by atoms with Gasteiger partial charge < -0.3 is 10.0 Å². The summed E-state index contributed by atoms with van der Waals surface area (Å²) in [5.74, 6) is -0.220. The van der Waals surface area contributed by atoms with E-state index in [0.29, 0.717) is 5.56 Å². The van der Waals surface area contributed by atoms with Crippen molar-refractivity contribution in [3.8, 4) is 0 Å². The van der Waals surface area contributed by atoms with Gasteiger partial charge in [0.05, 0.1) is 0 Å². The van der Waals surface area contributed by atoms with E-state index >= 15 is 0 Å². The van der Waals surface area contributed by atoms with Crippen molar-refractivity contribution in [1.82, 2.24) is 4.90 Å². The van der Waals surface area contributed by atoms with Gasteiger partial charge in [0.2, 0.25) is 0 Å². The maximum absolute atomic E-state index is 12.5. The van der Waals surface area contributed by atoms with E-state index in [1.54, 1.807) is 24.3 Å². The van der Waals surface area contributed by atoms with Crippen LogP contribution in [0.4, 0.5) is 0 Å². The van der Waals surface area contributed by atoms with E-state index in [0.717, 1.165) is 43.5 Å². The van der Waals surface area contributed by atoms with Gasteiger partial charge in [-0.2, -0.15) is 0 Å². The summed E-state index contributed by atoms with van der Waals surface area (Å²) in [5.41, 5.74) is 1.35. The molecule has 0 aromatic heterocycles. The van der Waals surface area contributed by atoms with Crippen molar-refractivity contribution in [1.29, 1.82) is 0 Å². The van der Waals surface area contributed by atoms with Gasteiger partial charge >= 0.3 is 5.97 Å². The molecule has 1 aromatic rings. The number of hydrogen-bond donors (Lipinski definition) is 1. The second-order valence-electron chi connectivity index (χ2n) is 5.44. The van der Waals surface area contributed by atoms with Crippen molar-refractivity contribution in [3.63, 3.8) is 0 Å². The predicted molar refractivity (Wildman–Crippen MR) is 82.0 cm³/mol. The quantitative estimate of drug-likeness (QED) is 0.866. The molecule has 0 saturated carbocycles. The van der Waals surface area contributed by atoms with E-state index in [1.807, 2.05) is 4.90 Å². The summed E-state index contributed by atoms with van der Waals surface area (Å²) < 4.78 is 0. The summed E-state index contributed by atoms with van der Waals surface area (Å²) in [7, 11) is 0. The van der Waals surface area contributed by atoms with Crippen molar-refractivity contribution in [2.75, 3.05) is 13.1 Å². The van der Waals surface area contributed by atoms with Gasteiger partial charge in [0.1, 0.15) is 0 Å². The number of aliphatic carboxylic acids is 1. The first kappa shape index (κ1) is 15.3. The Bertz CT molecular complexity index is 543. The average molecular weight is 287 g/mol. The van der Waals surface area contributed by atoms with Crippen molar-refractivity contribution in [2.45, 2.75) is 26.2 Å². The lowest BCUT2D eigenvalue weighted by atomic mass is 9.94. The number of carbonyl (C=O) groups is 2. The first-order valence-electron chi connectivity index (χ1n) is 7.40. The highest BCUT2D eigenvalue weighted by Gasteiger charge is 2.22. The summed E-state index contributed by atoms with van der Waals surface area (Å²) in [6.07, 6.45) is 5.90. The molecule has 0 spiro atoms. The Morgan fingerprint density at radius 1 is 1.33 bits per heavy atom. The Morgan fingerprint density at radius 3 is 2.67 bits per heavy atom. The van der Waals surface area contributed by atoms with Gasteiger partial charge in [-0.3, -0.25) is 4.79 Å². The normalized spacial score (nSPS) is 16.3. The van der Waals surface area contributed by atoms with E-state index in [-0.39, 0.29) is 5.91 Å². The average Bonchev–Trinajstić information content (AvgIpc) is 2.52. The number of carbonyl (C=O) groups excluding carboxylic acids is 1. The molecule has 1 aromatic carbocycles. The third-order valence-electron chi connectivity index (χ3n) is 4.03. The molecule has 0 bridgehead atoms. The summed E-state index contributed by atoms with van der Waals surface area (Å²) in [5, 5.41) is 8.64. The Labute approximate surface area is 125 Å². The minimum Gasteiger partial charge on any atom is -0.478 e. The molecule has 1 aliphatic rings. The monoisotopic (exact) mass is 287 g/mol. The van der Waals surface area contributed by atoms with E-state index in [4.69, 9.17) is 5.11 Å². The summed E-state index contributed by atoms with van der Waals surface area (Å²) in [6, 6.07) is 7.10. The highest BCUT2D eigenvalue weighted by Crippen LogP contribution is 2.21. The molecule has 4 heteroatoms. The van der Waals surface area contributed by atoms with Crippen LogP contribution in [0.1, 0.15) is 42.1 Å². The molecule has 0 unspecified atom stereocenters. The van der Waals surface area contributed by atoms with Crippen LogP contribution >= 0.6 is 0 Å². The van der Waals surface area contributed by atoms with Crippen molar-refractivity contribution in [2.24, 2.45) is 5.92 Å². The topological polar surface area (TPSA) is 57.6 Å². The minimum atomic E-state index is -0.992. The third-order valence-corrected chi connectivity index (χ3v) is 4.03. The highest BCUT2D eigenvalue weighted by atomic mass is 16.4. The lowest BCUT2D eigenvalue weighted by molar-refractivity contribution is -0.131. The minimum absolute atomic E-state index is 0.0372. The summed E-state index contributed by atoms with van der Waals surface area (Å²) in [4.78, 5) is 24.9. The molecule has 1 amide bonds. The van der Waals surface area contributed by atoms with Crippen LogP contribution in [0.25, 0.3) is 6.08 Å². The van der Waals surface area contributed by atoms with Crippen LogP contribution in [0.15, 0.2) is 30.3 Å². The predicted octanol–water partition coefficient (Wildman–Crippen LogP) is 3.05. The van der Waals surface area contributed by atoms with Gasteiger partial charge in [0.25, 0.3) is 5.91 Å². The fourth-order valence-electron chi connectivity index (χ4n) is 2.67. The van der Waals surface area contributed by atoms with E-state index in [2.05, 4.69) is 6.92 Å². The lowest BCUT2D eigenvalue weighted by Gasteiger charge is -2.31. The van der Waals surface area contributed by atoms with Gasteiger partial charge in [-0.15, -0.1) is 0 Å². The maximum atomic E-state index is 12.5. The molecule has 21 heavy (non-hydrogen) atoms. The van der Waals surface area contributed by atoms with Crippen molar-refractivity contribution in [3.05, 3.63) is 41.5 Å². The molecular formula is C17H21NO3. The second-order valence-corrected chi connectivity index (χ2v) is 5.44. The number of nitrogens with zero attached hydrogens (tertiary/aromatic N) is 1. The van der Waals surface area contributed by atoms with Crippen LogP contribution < -0.4 is 0 Å². The first-order chi connectivity index (χ1) is 10.1. The standard InChI is InChI=1S/C17H21NO3/c1-2-13-8-10-18(11-9-13)17(21)15-5-3-4-14(12-15)6-7-16(19)20/h3-7,12-13H,2,8-11H2,1H3,(H,19,20). The van der Waals surface area contributed by atoms with Crippen LogP contribution in [0, 0.1) is 5.92 Å². The van der Waals surface area contributed by atoms with E-state index < -0.39 is 5.97 Å². The number of likely N-dealkylation sites (tertiary alicyclic amines) is 1. The summed E-state index contributed by atoms with van der Waals surface area (Å²) in [6.45, 7) is 3.82. The van der Waals surface area contributed by atoms with Gasteiger partial charge in [0, 0.05) is 24.7 Å². The zero-order chi connectivity index (χ0) is 15.2. The van der Waals surface area contributed by atoms with Crippen molar-refractivity contribution >= 4 is 18.0 Å². The number of hydrogen-bond acceptors (Lipinski definition) is 2. The van der Waals surface area contributed by atoms with Gasteiger partial charge in [-0.25, -0.2) is 4.79 Å². The first-order valence-corrected chi connectivity index (χ1v) is 7.40. The SMILES string of the molecule is CCC1CCN(C(=O)c2cccc(C=CC(=O)O)c2)CC1. The molecule has 4 nitrogen and oxygen atoms in total. The van der Waals surface area contributed by atoms with E-state index in [9.17, 15) is 9.59 Å². The summed E-state index contributed by atoms with van der Waals surface area (Å²) >= 11 is 0. The van der Waals surface area contributed by atoms with Crippen LogP contribution in [0.5, 0.6) is 0 Å². The molecule has 112 valence electrons. The molecule has 0 atom stereocenters. The zero-order valence-corrected chi connectivity index (χ0v) is 12.3. The van der Waals surface area contributed by atoms with Gasteiger partial charge in [-0.1, -0.05) is 25.5 Å². The molecule has 1 N–H and O–H groups in total. The number of rotatable bonds is 4. The number of carboxylic acid groups (broad SMARTS) is 1. The lowest BCUT2D eigenvalue weighted by Crippen LogP contribution is -2.38. The molecule has 0 aliphatic carbocycles. The number of carboxylic acids is 1. The second kappa shape index (κ2) is 7.07. The van der Waals surface area contributed by atoms with Crippen LogP contribution in [-0.2, 0) is 4.79 Å². The van der Waals surface area contributed by atoms with Crippen LogP contribution in [-0.4, -0.2) is 35.0 Å². The molecule has 1 fully saturated rings. The molecule has 1 heterocycles. The van der Waals surface area contributed by atoms with Gasteiger partial charge in [0.15, 0.2) is 0 Å². The van der Waals surface area contributed by atoms with Crippen LogP contribution in [0.2, 0.25) is 0 Å². The molecule has 0 radical (unpaired) electrons. The fraction of sp³-hybridized carbons (Fsp3) is 0.412.